The van der Waals surface area contributed by atoms with Gasteiger partial charge in [-0.15, -0.1) is 24.0 Å². The Hall–Kier alpha value is -1.66. The summed E-state index contributed by atoms with van der Waals surface area (Å²) >= 11 is 0. The van der Waals surface area contributed by atoms with Crippen molar-refractivity contribution in [1.29, 1.82) is 0 Å². The Labute approximate surface area is 176 Å². The minimum atomic E-state index is 0. The molecule has 0 aliphatic carbocycles. The Bertz CT molecular complexity index is 669. The number of guanidine groups is 1. The molecule has 2 aromatic heterocycles. The van der Waals surface area contributed by atoms with E-state index in [-0.39, 0.29) is 24.0 Å². The molecule has 1 aliphatic heterocycles. The van der Waals surface area contributed by atoms with Crippen molar-refractivity contribution in [2.24, 2.45) is 4.99 Å². The third kappa shape index (κ3) is 7.11. The molecular weight excluding hydrogens is 461 g/mol. The molecule has 0 aromatic carbocycles. The van der Waals surface area contributed by atoms with Gasteiger partial charge >= 0.3 is 0 Å². The largest absolute Gasteiger partial charge is 0.461 e. The highest BCUT2D eigenvalue weighted by Gasteiger charge is 2.10. The van der Waals surface area contributed by atoms with E-state index < -0.39 is 0 Å². The van der Waals surface area contributed by atoms with Crippen LogP contribution in [0.3, 0.4) is 0 Å². The summed E-state index contributed by atoms with van der Waals surface area (Å²) in [7, 11) is 0. The number of furan rings is 1. The van der Waals surface area contributed by atoms with Gasteiger partial charge in [0.15, 0.2) is 11.7 Å². The lowest BCUT2D eigenvalue weighted by Gasteiger charge is -2.25. The molecule has 1 fully saturated rings. The van der Waals surface area contributed by atoms with Gasteiger partial charge in [0.1, 0.15) is 5.82 Å². The molecule has 2 aromatic rings. The number of nitrogens with zero attached hydrogens (tertiary/aromatic N) is 4. The molecule has 0 amide bonds. The van der Waals surface area contributed by atoms with Crippen LogP contribution in [0.15, 0.2) is 27.8 Å². The zero-order valence-electron chi connectivity index (χ0n) is 15.6. The summed E-state index contributed by atoms with van der Waals surface area (Å²) in [6.07, 6.45) is 2.34. The Morgan fingerprint density at radius 2 is 2.19 bits per heavy atom. The number of halogens is 1. The molecule has 0 saturated carbocycles. The van der Waals surface area contributed by atoms with Gasteiger partial charge in [0, 0.05) is 39.1 Å². The number of ether oxygens (including phenoxy) is 1. The fourth-order valence-corrected chi connectivity index (χ4v) is 2.69. The highest BCUT2D eigenvalue weighted by Crippen LogP contribution is 2.14. The van der Waals surface area contributed by atoms with Gasteiger partial charge in [-0.3, -0.25) is 15.0 Å². The molecule has 3 heterocycles. The van der Waals surface area contributed by atoms with E-state index in [1.165, 1.54) is 0 Å². The number of H-pyrrole nitrogens is 1. The molecule has 3 rings (SSSR count). The van der Waals surface area contributed by atoms with Crippen molar-refractivity contribution in [3.05, 3.63) is 24.2 Å². The van der Waals surface area contributed by atoms with Crippen LogP contribution in [0, 0.1) is 0 Å². The lowest BCUT2D eigenvalue weighted by atomic mass is 10.4. The second-order valence-corrected chi connectivity index (χ2v) is 5.97. The van der Waals surface area contributed by atoms with Crippen LogP contribution in [0.2, 0.25) is 0 Å². The first-order valence-electron chi connectivity index (χ1n) is 9.12. The molecule has 0 spiro atoms. The molecule has 10 heteroatoms. The second kappa shape index (κ2) is 11.9. The average Bonchev–Trinajstić information content (AvgIpc) is 3.34. The average molecular weight is 489 g/mol. The van der Waals surface area contributed by atoms with Gasteiger partial charge in [-0.1, -0.05) is 0 Å². The third-order valence-corrected chi connectivity index (χ3v) is 4.06. The maximum Gasteiger partial charge on any atom is 0.216 e. The van der Waals surface area contributed by atoms with Crippen LogP contribution < -0.4 is 10.6 Å². The maximum atomic E-state index is 5.36. The van der Waals surface area contributed by atoms with Crippen molar-refractivity contribution < 1.29 is 9.15 Å². The highest BCUT2D eigenvalue weighted by atomic mass is 127. The number of nitrogens with one attached hydrogen (secondary N) is 3. The van der Waals surface area contributed by atoms with Crippen molar-refractivity contribution in [2.45, 2.75) is 13.3 Å². The Balaban J connectivity index is 0.00000261. The molecular formula is C17H28IN7O2. The van der Waals surface area contributed by atoms with Crippen molar-refractivity contribution in [3.63, 3.8) is 0 Å². The van der Waals surface area contributed by atoms with Gasteiger partial charge in [-0.25, -0.2) is 4.98 Å². The first-order valence-corrected chi connectivity index (χ1v) is 9.12. The van der Waals surface area contributed by atoms with Gasteiger partial charge in [-0.2, -0.15) is 5.10 Å². The normalized spacial score (nSPS) is 15.4. The van der Waals surface area contributed by atoms with E-state index in [2.05, 4.69) is 42.6 Å². The van der Waals surface area contributed by atoms with Crippen LogP contribution >= 0.6 is 24.0 Å². The summed E-state index contributed by atoms with van der Waals surface area (Å²) in [5.74, 6) is 2.88. The molecule has 1 saturated heterocycles. The predicted molar refractivity (Wildman–Crippen MR) is 114 cm³/mol. The second-order valence-electron chi connectivity index (χ2n) is 5.97. The van der Waals surface area contributed by atoms with E-state index in [4.69, 9.17) is 9.15 Å². The zero-order valence-corrected chi connectivity index (χ0v) is 17.9. The van der Waals surface area contributed by atoms with Gasteiger partial charge in [0.2, 0.25) is 5.82 Å². The zero-order chi connectivity index (χ0) is 18.0. The van der Waals surface area contributed by atoms with Crippen LogP contribution in [0.5, 0.6) is 0 Å². The number of hydrogen-bond acceptors (Lipinski definition) is 6. The first-order chi connectivity index (χ1) is 12.8. The summed E-state index contributed by atoms with van der Waals surface area (Å²) < 4.78 is 10.7. The lowest BCUT2D eigenvalue weighted by Crippen LogP contribution is -2.40. The molecule has 150 valence electrons. The van der Waals surface area contributed by atoms with Crippen molar-refractivity contribution in [1.82, 2.24) is 30.7 Å². The number of rotatable bonds is 8. The van der Waals surface area contributed by atoms with Gasteiger partial charge in [0.25, 0.3) is 0 Å². The van der Waals surface area contributed by atoms with Crippen molar-refractivity contribution in [3.8, 4) is 11.6 Å². The summed E-state index contributed by atoms with van der Waals surface area (Å²) in [5, 5.41) is 13.7. The standard InChI is InChI=1S/C17H27N7O2.HI/c1-2-18-17(20-7-8-24-9-12-25-13-10-24)19-6-5-15-21-16(23-22-15)14-4-3-11-26-14;/h3-4,11H,2,5-10,12-13H2,1H3,(H2,18,19,20)(H,21,22,23);1H. The summed E-state index contributed by atoms with van der Waals surface area (Å²) in [6, 6.07) is 3.67. The van der Waals surface area contributed by atoms with E-state index in [9.17, 15) is 0 Å². The van der Waals surface area contributed by atoms with E-state index >= 15 is 0 Å². The smallest absolute Gasteiger partial charge is 0.216 e. The van der Waals surface area contributed by atoms with Crippen LogP contribution in [-0.4, -0.2) is 78.5 Å². The lowest BCUT2D eigenvalue weighted by molar-refractivity contribution is 0.0394. The molecule has 0 radical (unpaired) electrons. The quantitative estimate of drug-likeness (QED) is 0.290. The topological polar surface area (TPSA) is 104 Å². The molecule has 0 bridgehead atoms. The van der Waals surface area contributed by atoms with Crippen LogP contribution in [0.4, 0.5) is 0 Å². The molecule has 3 N–H and O–H groups in total. The van der Waals surface area contributed by atoms with Crippen molar-refractivity contribution in [2.75, 3.05) is 52.5 Å². The maximum absolute atomic E-state index is 5.36. The molecule has 0 atom stereocenters. The Morgan fingerprint density at radius 1 is 1.33 bits per heavy atom. The van der Waals surface area contributed by atoms with Crippen LogP contribution in [0.1, 0.15) is 12.7 Å². The SMILES string of the molecule is CCNC(=NCCN1CCOCC1)NCCc1nc(-c2ccco2)n[nH]1.I. The fourth-order valence-electron chi connectivity index (χ4n) is 2.69. The fraction of sp³-hybridized carbons (Fsp3) is 0.588. The van der Waals surface area contributed by atoms with Gasteiger partial charge < -0.3 is 19.8 Å². The minimum absolute atomic E-state index is 0. The van der Waals surface area contributed by atoms with E-state index in [0.29, 0.717) is 11.6 Å². The highest BCUT2D eigenvalue weighted by molar-refractivity contribution is 14.0. The minimum Gasteiger partial charge on any atom is -0.461 e. The molecule has 1 aliphatic rings. The van der Waals surface area contributed by atoms with E-state index in [1.54, 1.807) is 6.26 Å². The number of aliphatic imine (C=N–C) groups is 1. The number of hydrogen-bond donors (Lipinski definition) is 3. The number of morpholine rings is 1. The number of aromatic nitrogens is 3. The molecule has 27 heavy (non-hydrogen) atoms. The van der Waals surface area contributed by atoms with E-state index in [0.717, 1.165) is 70.7 Å². The summed E-state index contributed by atoms with van der Waals surface area (Å²) in [4.78, 5) is 11.5. The Morgan fingerprint density at radius 3 is 2.93 bits per heavy atom. The first kappa shape index (κ1) is 21.6. The van der Waals surface area contributed by atoms with E-state index in [1.807, 2.05) is 12.1 Å². The van der Waals surface area contributed by atoms with Gasteiger partial charge in [-0.05, 0) is 19.1 Å². The van der Waals surface area contributed by atoms with Gasteiger partial charge in [0.05, 0.1) is 26.0 Å². The molecule has 0 unspecified atom stereocenters. The third-order valence-electron chi connectivity index (χ3n) is 4.06. The summed E-state index contributed by atoms with van der Waals surface area (Å²) in [5.41, 5.74) is 0. The monoisotopic (exact) mass is 489 g/mol. The molecule has 9 nitrogen and oxygen atoms in total. The Kier molecular flexibility index (Phi) is 9.56. The van der Waals surface area contributed by atoms with Crippen LogP contribution in [-0.2, 0) is 11.2 Å². The summed E-state index contributed by atoms with van der Waals surface area (Å²) in [6.45, 7) is 8.94. The number of aromatic amines is 1. The van der Waals surface area contributed by atoms with Crippen molar-refractivity contribution >= 4 is 29.9 Å². The predicted octanol–water partition coefficient (Wildman–Crippen LogP) is 1.11. The van der Waals surface area contributed by atoms with Crippen LogP contribution in [0.25, 0.3) is 11.6 Å².